The number of carboxylic acids is 1. The Morgan fingerprint density at radius 3 is 2.81 bits per heavy atom. The second-order valence-corrected chi connectivity index (χ2v) is 4.86. The summed E-state index contributed by atoms with van der Waals surface area (Å²) in [5, 5.41) is 12.1. The van der Waals surface area contributed by atoms with Gasteiger partial charge in [-0.3, -0.25) is 4.79 Å². The first-order chi connectivity index (χ1) is 10.1. The summed E-state index contributed by atoms with van der Waals surface area (Å²) in [6.07, 6.45) is 0. The first-order valence-corrected chi connectivity index (χ1v) is 6.60. The molecule has 21 heavy (non-hydrogen) atoms. The van der Waals surface area contributed by atoms with Gasteiger partial charge < -0.3 is 15.3 Å². The monoisotopic (exact) mass is 282 g/mol. The van der Waals surface area contributed by atoms with E-state index in [0.717, 1.165) is 16.9 Å². The van der Waals surface area contributed by atoms with E-state index < -0.39 is 5.97 Å². The zero-order valence-corrected chi connectivity index (χ0v) is 11.2. The van der Waals surface area contributed by atoms with Crippen LogP contribution in [0.25, 0.3) is 0 Å². The van der Waals surface area contributed by atoms with Crippen molar-refractivity contribution < 1.29 is 14.7 Å². The van der Waals surface area contributed by atoms with Crippen LogP contribution in [0.15, 0.2) is 48.5 Å². The third-order valence-corrected chi connectivity index (χ3v) is 3.44. The zero-order chi connectivity index (χ0) is 14.8. The summed E-state index contributed by atoms with van der Waals surface area (Å²) in [5.41, 5.74) is 2.74. The second kappa shape index (κ2) is 5.28. The smallest absolute Gasteiger partial charge is 0.335 e. The molecule has 2 aromatic rings. The third-order valence-electron chi connectivity index (χ3n) is 3.44. The molecular formula is C16H14N2O3. The van der Waals surface area contributed by atoms with Crippen molar-refractivity contribution in [3.05, 3.63) is 59.7 Å². The maximum Gasteiger partial charge on any atom is 0.335 e. The minimum atomic E-state index is -0.969. The largest absolute Gasteiger partial charge is 0.478 e. The molecule has 1 aliphatic heterocycles. The van der Waals surface area contributed by atoms with E-state index >= 15 is 0 Å². The Morgan fingerprint density at radius 2 is 2.00 bits per heavy atom. The van der Waals surface area contributed by atoms with E-state index in [1.165, 1.54) is 0 Å². The van der Waals surface area contributed by atoms with Crippen LogP contribution in [0.4, 0.5) is 11.4 Å². The molecule has 1 heterocycles. The van der Waals surface area contributed by atoms with Gasteiger partial charge >= 0.3 is 5.97 Å². The molecule has 3 rings (SSSR count). The number of amides is 1. The molecule has 2 N–H and O–H groups in total. The summed E-state index contributed by atoms with van der Waals surface area (Å²) in [6.45, 7) is 0.605. The SMILES string of the molecule is O=C(O)c1cccc(CN2C(=O)CNc3ccccc32)c1. The Morgan fingerprint density at radius 1 is 1.19 bits per heavy atom. The molecule has 0 radical (unpaired) electrons. The lowest BCUT2D eigenvalue weighted by Crippen LogP contribution is -2.39. The first-order valence-electron chi connectivity index (χ1n) is 6.60. The Balaban J connectivity index is 1.92. The lowest BCUT2D eigenvalue weighted by molar-refractivity contribution is -0.117. The van der Waals surface area contributed by atoms with Gasteiger partial charge in [-0.25, -0.2) is 4.79 Å². The number of carbonyl (C=O) groups is 2. The first kappa shape index (κ1) is 13.2. The molecule has 0 aliphatic carbocycles. The van der Waals surface area contributed by atoms with Gasteiger partial charge in [0.2, 0.25) is 5.91 Å². The highest BCUT2D eigenvalue weighted by molar-refractivity contribution is 6.02. The van der Waals surface area contributed by atoms with E-state index in [1.54, 1.807) is 23.1 Å². The van der Waals surface area contributed by atoms with Gasteiger partial charge in [0.05, 0.1) is 30.0 Å². The third kappa shape index (κ3) is 2.58. The Bertz CT molecular complexity index is 712. The maximum atomic E-state index is 12.1. The Hall–Kier alpha value is -2.82. The second-order valence-electron chi connectivity index (χ2n) is 4.86. The number of carboxylic acid groups (broad SMARTS) is 1. The van der Waals surface area contributed by atoms with Crippen molar-refractivity contribution in [2.75, 3.05) is 16.8 Å². The van der Waals surface area contributed by atoms with Gasteiger partial charge in [0.25, 0.3) is 0 Å². The number of nitrogens with zero attached hydrogens (tertiary/aromatic N) is 1. The van der Waals surface area contributed by atoms with Gasteiger partial charge in [-0.15, -0.1) is 0 Å². The number of para-hydroxylation sites is 2. The number of carbonyl (C=O) groups excluding carboxylic acids is 1. The number of benzene rings is 2. The van der Waals surface area contributed by atoms with Crippen LogP contribution in [0.5, 0.6) is 0 Å². The van der Waals surface area contributed by atoms with E-state index in [0.29, 0.717) is 6.54 Å². The molecule has 0 fully saturated rings. The predicted octanol–water partition coefficient (Wildman–Crippen LogP) is 2.34. The van der Waals surface area contributed by atoms with Crippen LogP contribution in [0.3, 0.4) is 0 Å². The summed E-state index contributed by atoms with van der Waals surface area (Å²) >= 11 is 0. The van der Waals surface area contributed by atoms with Crippen molar-refractivity contribution in [3.8, 4) is 0 Å². The van der Waals surface area contributed by atoms with Crippen LogP contribution in [-0.4, -0.2) is 23.5 Å². The molecule has 0 aromatic heterocycles. The quantitative estimate of drug-likeness (QED) is 0.906. The molecule has 5 nitrogen and oxygen atoms in total. The molecule has 0 saturated heterocycles. The predicted molar refractivity (Wildman–Crippen MR) is 79.5 cm³/mol. The van der Waals surface area contributed by atoms with Crippen LogP contribution < -0.4 is 10.2 Å². The van der Waals surface area contributed by atoms with E-state index in [2.05, 4.69) is 5.32 Å². The summed E-state index contributed by atoms with van der Waals surface area (Å²) in [5.74, 6) is -1.00. The van der Waals surface area contributed by atoms with Crippen molar-refractivity contribution in [2.24, 2.45) is 0 Å². The highest BCUT2D eigenvalue weighted by atomic mass is 16.4. The van der Waals surface area contributed by atoms with E-state index in [4.69, 9.17) is 5.11 Å². The van der Waals surface area contributed by atoms with Crippen molar-refractivity contribution in [2.45, 2.75) is 6.54 Å². The summed E-state index contributed by atoms with van der Waals surface area (Å²) < 4.78 is 0. The zero-order valence-electron chi connectivity index (χ0n) is 11.2. The molecule has 2 aromatic carbocycles. The number of anilines is 2. The van der Waals surface area contributed by atoms with Crippen LogP contribution in [0.2, 0.25) is 0 Å². The standard InChI is InChI=1S/C16H14N2O3/c19-15-9-17-13-6-1-2-7-14(13)18(15)10-11-4-3-5-12(8-11)16(20)21/h1-8,17H,9-10H2,(H,20,21). The number of hydrogen-bond donors (Lipinski definition) is 2. The fraction of sp³-hybridized carbons (Fsp3) is 0.125. The molecule has 1 aliphatic rings. The van der Waals surface area contributed by atoms with Gasteiger partial charge in [-0.05, 0) is 29.8 Å². The Kier molecular flexibility index (Phi) is 3.31. The van der Waals surface area contributed by atoms with Crippen molar-refractivity contribution in [3.63, 3.8) is 0 Å². The lowest BCUT2D eigenvalue weighted by atomic mass is 10.1. The molecule has 106 valence electrons. The van der Waals surface area contributed by atoms with Crippen molar-refractivity contribution in [1.29, 1.82) is 0 Å². The minimum absolute atomic E-state index is 0.0329. The summed E-state index contributed by atoms with van der Waals surface area (Å²) in [6, 6.07) is 14.2. The van der Waals surface area contributed by atoms with Gasteiger partial charge in [0.1, 0.15) is 0 Å². The molecule has 5 heteroatoms. The summed E-state index contributed by atoms with van der Waals surface area (Å²) in [4.78, 5) is 24.8. The lowest BCUT2D eigenvalue weighted by Gasteiger charge is -2.30. The van der Waals surface area contributed by atoms with Crippen molar-refractivity contribution in [1.82, 2.24) is 0 Å². The van der Waals surface area contributed by atoms with E-state index in [9.17, 15) is 9.59 Å². The van der Waals surface area contributed by atoms with Crippen LogP contribution in [-0.2, 0) is 11.3 Å². The van der Waals surface area contributed by atoms with Gasteiger partial charge in [-0.1, -0.05) is 24.3 Å². The molecule has 1 amide bonds. The topological polar surface area (TPSA) is 69.6 Å². The van der Waals surface area contributed by atoms with Crippen LogP contribution >= 0.6 is 0 Å². The fourth-order valence-corrected chi connectivity index (χ4v) is 2.42. The number of hydrogen-bond acceptors (Lipinski definition) is 3. The normalized spacial score (nSPS) is 13.5. The van der Waals surface area contributed by atoms with E-state index in [1.807, 2.05) is 30.3 Å². The number of aromatic carboxylic acids is 1. The van der Waals surface area contributed by atoms with Gasteiger partial charge in [-0.2, -0.15) is 0 Å². The number of nitrogens with one attached hydrogen (secondary N) is 1. The highest BCUT2D eigenvalue weighted by Gasteiger charge is 2.23. The minimum Gasteiger partial charge on any atom is -0.478 e. The van der Waals surface area contributed by atoms with Gasteiger partial charge in [0.15, 0.2) is 0 Å². The molecule has 0 spiro atoms. The summed E-state index contributed by atoms with van der Waals surface area (Å²) in [7, 11) is 0. The molecule has 0 unspecified atom stereocenters. The number of fused-ring (bicyclic) bond motifs is 1. The highest BCUT2D eigenvalue weighted by Crippen LogP contribution is 2.30. The van der Waals surface area contributed by atoms with Crippen molar-refractivity contribution >= 4 is 23.3 Å². The average Bonchev–Trinajstić information content (AvgIpc) is 2.50. The van der Waals surface area contributed by atoms with Gasteiger partial charge in [0, 0.05) is 0 Å². The van der Waals surface area contributed by atoms with Crippen LogP contribution in [0.1, 0.15) is 15.9 Å². The average molecular weight is 282 g/mol. The van der Waals surface area contributed by atoms with Crippen LogP contribution in [0, 0.1) is 0 Å². The fourth-order valence-electron chi connectivity index (χ4n) is 2.42. The molecular weight excluding hydrogens is 268 g/mol. The Labute approximate surface area is 121 Å². The molecule has 0 bridgehead atoms. The molecule has 0 saturated carbocycles. The molecule has 0 atom stereocenters. The maximum absolute atomic E-state index is 12.1. The van der Waals surface area contributed by atoms with E-state index in [-0.39, 0.29) is 18.0 Å². The number of rotatable bonds is 3.